The monoisotopic (exact) mass is 500 g/mol. The van der Waals surface area contributed by atoms with Crippen molar-refractivity contribution in [2.45, 2.75) is 5.41 Å². The van der Waals surface area contributed by atoms with E-state index in [0.29, 0.717) is 0 Å². The highest BCUT2D eigenvalue weighted by molar-refractivity contribution is 9.10. The van der Waals surface area contributed by atoms with Crippen LogP contribution in [-0.2, 0) is 5.41 Å². The Hall–Kier alpha value is -3.75. The molecule has 0 saturated heterocycles. The second-order valence-corrected chi connectivity index (χ2v) is 9.54. The van der Waals surface area contributed by atoms with E-state index in [4.69, 9.17) is 0 Å². The Kier molecular flexibility index (Phi) is 5.04. The Balaban J connectivity index is 1.75. The molecular weight excluding hydrogens is 480 g/mol. The van der Waals surface area contributed by atoms with Crippen LogP contribution in [-0.4, -0.2) is 5.78 Å². The van der Waals surface area contributed by atoms with Gasteiger partial charge in [-0.2, -0.15) is 0 Å². The van der Waals surface area contributed by atoms with E-state index in [2.05, 4.69) is 107 Å². The van der Waals surface area contributed by atoms with Crippen LogP contribution in [0.15, 0.2) is 132 Å². The van der Waals surface area contributed by atoms with Gasteiger partial charge in [0, 0.05) is 15.6 Å². The average molecular weight is 501 g/mol. The van der Waals surface area contributed by atoms with Crippen LogP contribution in [0.3, 0.4) is 0 Å². The van der Waals surface area contributed by atoms with Crippen LogP contribution >= 0.6 is 15.9 Å². The van der Waals surface area contributed by atoms with Crippen molar-refractivity contribution in [3.05, 3.63) is 165 Å². The first-order valence-electron chi connectivity index (χ1n) is 11.4. The van der Waals surface area contributed by atoms with E-state index in [-0.39, 0.29) is 5.78 Å². The van der Waals surface area contributed by atoms with Gasteiger partial charge < -0.3 is 0 Å². The van der Waals surface area contributed by atoms with Gasteiger partial charge in [0.05, 0.1) is 5.41 Å². The molecule has 2 heteroatoms. The summed E-state index contributed by atoms with van der Waals surface area (Å²) in [7, 11) is 0. The van der Waals surface area contributed by atoms with Gasteiger partial charge in [0.15, 0.2) is 5.78 Å². The minimum absolute atomic E-state index is 0.0791. The fraction of sp³-hybridized carbons (Fsp3) is 0.0312. The third kappa shape index (κ3) is 3.10. The molecule has 5 aromatic carbocycles. The molecule has 34 heavy (non-hydrogen) atoms. The number of rotatable bonds is 3. The lowest BCUT2D eigenvalue weighted by Gasteiger charge is -2.42. The van der Waals surface area contributed by atoms with Crippen LogP contribution < -0.4 is 0 Å². The molecule has 1 aliphatic carbocycles. The van der Waals surface area contributed by atoms with Crippen molar-refractivity contribution in [1.29, 1.82) is 0 Å². The summed E-state index contributed by atoms with van der Waals surface area (Å²) < 4.78 is 1.04. The summed E-state index contributed by atoms with van der Waals surface area (Å²) in [6.45, 7) is 0. The summed E-state index contributed by atoms with van der Waals surface area (Å²) in [6.07, 6.45) is 0. The molecule has 162 valence electrons. The largest absolute Gasteiger partial charge is 0.289 e. The molecule has 5 aromatic rings. The van der Waals surface area contributed by atoms with Crippen LogP contribution in [0.2, 0.25) is 0 Å². The number of hydrogen-bond donors (Lipinski definition) is 0. The average Bonchev–Trinajstić information content (AvgIpc) is 2.90. The Labute approximate surface area is 207 Å². The van der Waals surface area contributed by atoms with E-state index in [0.717, 1.165) is 49.0 Å². The van der Waals surface area contributed by atoms with Gasteiger partial charge in [-0.3, -0.25) is 4.79 Å². The normalized spacial score (nSPS) is 13.7. The van der Waals surface area contributed by atoms with E-state index in [9.17, 15) is 4.79 Å². The first kappa shape index (κ1) is 20.8. The molecule has 0 spiro atoms. The fourth-order valence-corrected chi connectivity index (χ4v) is 5.60. The van der Waals surface area contributed by atoms with Crippen molar-refractivity contribution in [2.75, 3.05) is 0 Å². The molecule has 0 aromatic heterocycles. The van der Waals surface area contributed by atoms with E-state index in [1.165, 1.54) is 0 Å². The van der Waals surface area contributed by atoms with Crippen molar-refractivity contribution < 1.29 is 4.79 Å². The first-order valence-corrected chi connectivity index (χ1v) is 12.1. The molecule has 0 N–H and O–H groups in total. The number of halogens is 1. The van der Waals surface area contributed by atoms with Crippen molar-refractivity contribution in [3.8, 4) is 11.1 Å². The van der Waals surface area contributed by atoms with Crippen molar-refractivity contribution >= 4 is 21.7 Å². The van der Waals surface area contributed by atoms with Crippen molar-refractivity contribution in [2.24, 2.45) is 0 Å². The van der Waals surface area contributed by atoms with Gasteiger partial charge in [-0.1, -0.05) is 125 Å². The second-order valence-electron chi connectivity index (χ2n) is 8.62. The maximum atomic E-state index is 13.7. The molecule has 0 saturated carbocycles. The minimum atomic E-state index is -0.603. The number of hydrogen-bond acceptors (Lipinski definition) is 1. The first-order chi connectivity index (χ1) is 16.7. The smallest absolute Gasteiger partial charge is 0.193 e. The highest BCUT2D eigenvalue weighted by Crippen LogP contribution is 2.51. The lowest BCUT2D eigenvalue weighted by atomic mass is 9.59. The molecular formula is C32H21BrO. The van der Waals surface area contributed by atoms with Crippen LogP contribution in [0.5, 0.6) is 0 Å². The number of carbonyl (C=O) groups excluding carboxylic acids is 1. The summed E-state index contributed by atoms with van der Waals surface area (Å²) in [5.74, 6) is 0.0791. The standard InChI is InChI=1S/C32H21BrO/c33-26-18-15-22(16-19-26)23-17-20-28-30(21-23)32(24-9-3-1-4-10-24,25-11-5-2-6-12-25)29-14-8-7-13-27(29)31(28)34/h1-21H. The Bertz CT molecular complexity index is 1460. The molecule has 1 aliphatic rings. The summed E-state index contributed by atoms with van der Waals surface area (Å²) in [6, 6.07) is 43.8. The molecule has 1 nitrogen and oxygen atoms in total. The molecule has 0 amide bonds. The quantitative estimate of drug-likeness (QED) is 0.240. The highest BCUT2D eigenvalue weighted by atomic mass is 79.9. The van der Waals surface area contributed by atoms with Crippen LogP contribution in [0.25, 0.3) is 11.1 Å². The summed E-state index contributed by atoms with van der Waals surface area (Å²) in [5, 5.41) is 0. The SMILES string of the molecule is O=C1c2ccccc2C(c2ccccc2)(c2ccccc2)c2cc(-c3ccc(Br)cc3)ccc21. The Morgan fingerprint density at radius 2 is 1.03 bits per heavy atom. The topological polar surface area (TPSA) is 17.1 Å². The van der Waals surface area contributed by atoms with Gasteiger partial charge in [0.1, 0.15) is 0 Å². The van der Waals surface area contributed by atoms with Gasteiger partial charge >= 0.3 is 0 Å². The fourth-order valence-electron chi connectivity index (χ4n) is 5.34. The predicted molar refractivity (Wildman–Crippen MR) is 141 cm³/mol. The lowest BCUT2D eigenvalue weighted by molar-refractivity contribution is 0.103. The maximum absolute atomic E-state index is 13.7. The van der Waals surface area contributed by atoms with Crippen LogP contribution in [0.4, 0.5) is 0 Å². The zero-order valence-corrected chi connectivity index (χ0v) is 20.0. The summed E-state index contributed by atoms with van der Waals surface area (Å²) in [5.41, 5.74) is 7.47. The molecule has 0 atom stereocenters. The summed E-state index contributed by atoms with van der Waals surface area (Å²) >= 11 is 3.54. The Morgan fingerprint density at radius 3 is 1.68 bits per heavy atom. The highest BCUT2D eigenvalue weighted by Gasteiger charge is 2.46. The third-order valence-corrected chi connectivity index (χ3v) is 7.36. The number of carbonyl (C=O) groups is 1. The van der Waals surface area contributed by atoms with Crippen molar-refractivity contribution in [1.82, 2.24) is 0 Å². The molecule has 0 fully saturated rings. The van der Waals surface area contributed by atoms with Crippen molar-refractivity contribution in [3.63, 3.8) is 0 Å². The molecule has 0 bridgehead atoms. The summed E-state index contributed by atoms with van der Waals surface area (Å²) in [4.78, 5) is 13.7. The van der Waals surface area contributed by atoms with Gasteiger partial charge in [0.25, 0.3) is 0 Å². The third-order valence-electron chi connectivity index (χ3n) is 6.84. The lowest BCUT2D eigenvalue weighted by Crippen LogP contribution is -2.38. The Morgan fingerprint density at radius 1 is 0.500 bits per heavy atom. The number of benzene rings is 5. The van der Waals surface area contributed by atoms with Gasteiger partial charge in [-0.15, -0.1) is 0 Å². The minimum Gasteiger partial charge on any atom is -0.289 e. The predicted octanol–water partition coefficient (Wildman–Crippen LogP) is 8.04. The zero-order valence-electron chi connectivity index (χ0n) is 18.4. The zero-order chi connectivity index (χ0) is 23.1. The molecule has 0 radical (unpaired) electrons. The number of ketones is 1. The van der Waals surface area contributed by atoms with Crippen LogP contribution in [0.1, 0.15) is 38.2 Å². The van der Waals surface area contributed by atoms with Gasteiger partial charge in [-0.05, 0) is 51.6 Å². The van der Waals surface area contributed by atoms with Crippen LogP contribution in [0, 0.1) is 0 Å². The van der Waals surface area contributed by atoms with Gasteiger partial charge in [-0.25, -0.2) is 0 Å². The number of fused-ring (bicyclic) bond motifs is 2. The second kappa shape index (κ2) is 8.23. The van der Waals surface area contributed by atoms with E-state index < -0.39 is 5.41 Å². The van der Waals surface area contributed by atoms with E-state index >= 15 is 0 Å². The molecule has 0 aliphatic heterocycles. The van der Waals surface area contributed by atoms with E-state index in [1.54, 1.807) is 0 Å². The maximum Gasteiger partial charge on any atom is 0.193 e. The molecule has 6 rings (SSSR count). The molecule has 0 unspecified atom stereocenters. The van der Waals surface area contributed by atoms with E-state index in [1.807, 2.05) is 36.4 Å². The molecule has 0 heterocycles. The van der Waals surface area contributed by atoms with Gasteiger partial charge in [0.2, 0.25) is 0 Å².